The van der Waals surface area contributed by atoms with Gasteiger partial charge in [-0.3, -0.25) is 4.99 Å². The van der Waals surface area contributed by atoms with Crippen molar-refractivity contribution in [3.63, 3.8) is 0 Å². The predicted octanol–water partition coefficient (Wildman–Crippen LogP) is 3.86. The van der Waals surface area contributed by atoms with E-state index in [9.17, 15) is 4.39 Å². The molecule has 1 saturated heterocycles. The zero-order valence-electron chi connectivity index (χ0n) is 17.1. The van der Waals surface area contributed by atoms with Crippen molar-refractivity contribution < 1.29 is 13.9 Å². The second-order valence-electron chi connectivity index (χ2n) is 6.93. The second-order valence-corrected chi connectivity index (χ2v) is 6.93. The zero-order chi connectivity index (χ0) is 19.4. The Morgan fingerprint density at radius 2 is 1.86 bits per heavy atom. The van der Waals surface area contributed by atoms with Gasteiger partial charge in [-0.25, -0.2) is 4.39 Å². The molecule has 0 aromatic heterocycles. The number of hydrogen-bond acceptors (Lipinski definition) is 3. The first-order valence-corrected chi connectivity index (χ1v) is 10.1. The van der Waals surface area contributed by atoms with E-state index in [0.29, 0.717) is 19.8 Å². The third-order valence-corrected chi connectivity index (χ3v) is 5.00. The van der Waals surface area contributed by atoms with Gasteiger partial charge < -0.3 is 20.1 Å². The van der Waals surface area contributed by atoms with Gasteiger partial charge in [-0.2, -0.15) is 0 Å². The molecule has 0 saturated carbocycles. The molecule has 0 atom stereocenters. The first-order valence-electron chi connectivity index (χ1n) is 10.1. The molecule has 0 amide bonds. The fourth-order valence-electron chi connectivity index (χ4n) is 3.36. The first-order chi connectivity index (χ1) is 13.2. The van der Waals surface area contributed by atoms with Gasteiger partial charge in [-0.1, -0.05) is 12.1 Å². The number of benzene rings is 1. The maximum atomic E-state index is 13.4. The van der Waals surface area contributed by atoms with E-state index in [0.717, 1.165) is 63.5 Å². The van der Waals surface area contributed by atoms with Gasteiger partial charge in [-0.05, 0) is 57.2 Å². The molecule has 0 aliphatic carbocycles. The number of nitrogens with one attached hydrogen (secondary N) is 2. The van der Waals surface area contributed by atoms with Gasteiger partial charge in [0.1, 0.15) is 5.82 Å². The summed E-state index contributed by atoms with van der Waals surface area (Å²) >= 11 is 0. The third-order valence-electron chi connectivity index (χ3n) is 5.00. The quantitative estimate of drug-likeness (QED) is 0.219. The number of ether oxygens (including phenoxy) is 2. The molecule has 0 spiro atoms. The fraction of sp³-hybridized carbons (Fsp3) is 0.667. The number of hydrogen-bond donors (Lipinski definition) is 2. The van der Waals surface area contributed by atoms with Crippen molar-refractivity contribution in [1.82, 2.24) is 10.6 Å². The van der Waals surface area contributed by atoms with Crippen molar-refractivity contribution in [3.8, 4) is 0 Å². The standard InChI is InChI=1S/C21H34FN3O2.HI/c1-3-23-20(24-13-5-6-14-26-4-2)25-17-21(11-15-27-16-12-21)18-7-9-19(22)10-8-18;/h7-10H,3-6,11-17H2,1-2H3,(H2,23,24,25);1H. The Kier molecular flexibility index (Phi) is 12.7. The van der Waals surface area contributed by atoms with Gasteiger partial charge in [0.25, 0.3) is 0 Å². The van der Waals surface area contributed by atoms with E-state index >= 15 is 0 Å². The zero-order valence-corrected chi connectivity index (χ0v) is 19.5. The van der Waals surface area contributed by atoms with Crippen molar-refractivity contribution >= 4 is 29.9 Å². The number of rotatable bonds is 10. The number of unbranched alkanes of at least 4 members (excludes halogenated alkanes) is 1. The van der Waals surface area contributed by atoms with Crippen LogP contribution in [0.25, 0.3) is 0 Å². The SMILES string of the molecule is CCNC(=NCC1(c2ccc(F)cc2)CCOCC1)NCCCCOCC.I. The Bertz CT molecular complexity index is 563. The van der Waals surface area contributed by atoms with E-state index in [1.54, 1.807) is 0 Å². The van der Waals surface area contributed by atoms with Crippen LogP contribution in [0.4, 0.5) is 4.39 Å². The van der Waals surface area contributed by atoms with Crippen molar-refractivity contribution in [2.24, 2.45) is 4.99 Å². The Balaban J connectivity index is 0.00000392. The van der Waals surface area contributed by atoms with Gasteiger partial charge in [-0.15, -0.1) is 24.0 Å². The molecule has 2 rings (SSSR count). The summed E-state index contributed by atoms with van der Waals surface area (Å²) < 4.78 is 24.3. The van der Waals surface area contributed by atoms with E-state index in [1.165, 1.54) is 12.1 Å². The molecular weight excluding hydrogens is 472 g/mol. The number of nitrogens with zero attached hydrogens (tertiary/aromatic N) is 1. The van der Waals surface area contributed by atoms with Crippen molar-refractivity contribution in [3.05, 3.63) is 35.6 Å². The van der Waals surface area contributed by atoms with Crippen LogP contribution in [-0.2, 0) is 14.9 Å². The Hall–Kier alpha value is -0.930. The Morgan fingerprint density at radius 3 is 2.50 bits per heavy atom. The van der Waals surface area contributed by atoms with Crippen LogP contribution in [0.15, 0.2) is 29.3 Å². The van der Waals surface area contributed by atoms with Gasteiger partial charge in [0, 0.05) is 44.9 Å². The van der Waals surface area contributed by atoms with Crippen LogP contribution >= 0.6 is 24.0 Å². The van der Waals surface area contributed by atoms with Crippen LogP contribution in [0.2, 0.25) is 0 Å². The molecule has 5 nitrogen and oxygen atoms in total. The van der Waals surface area contributed by atoms with Crippen LogP contribution in [0.3, 0.4) is 0 Å². The van der Waals surface area contributed by atoms with E-state index in [2.05, 4.69) is 17.6 Å². The Morgan fingerprint density at radius 1 is 1.14 bits per heavy atom. The molecule has 1 heterocycles. The summed E-state index contributed by atoms with van der Waals surface area (Å²) in [5, 5.41) is 6.73. The summed E-state index contributed by atoms with van der Waals surface area (Å²) in [6.07, 6.45) is 3.88. The highest BCUT2D eigenvalue weighted by molar-refractivity contribution is 14.0. The molecule has 7 heteroatoms. The normalized spacial score (nSPS) is 16.3. The summed E-state index contributed by atoms with van der Waals surface area (Å²) in [7, 11) is 0. The number of halogens is 2. The highest BCUT2D eigenvalue weighted by Gasteiger charge is 2.34. The van der Waals surface area contributed by atoms with Crippen molar-refractivity contribution in [1.29, 1.82) is 0 Å². The van der Waals surface area contributed by atoms with E-state index < -0.39 is 0 Å². The van der Waals surface area contributed by atoms with E-state index in [4.69, 9.17) is 14.5 Å². The molecule has 0 bridgehead atoms. The maximum Gasteiger partial charge on any atom is 0.191 e. The average Bonchev–Trinajstić information content (AvgIpc) is 2.70. The largest absolute Gasteiger partial charge is 0.382 e. The van der Waals surface area contributed by atoms with Crippen molar-refractivity contribution in [2.45, 2.75) is 44.9 Å². The fourth-order valence-corrected chi connectivity index (χ4v) is 3.36. The molecule has 1 aliphatic heterocycles. The lowest BCUT2D eigenvalue weighted by molar-refractivity contribution is 0.0531. The van der Waals surface area contributed by atoms with Gasteiger partial charge in [0.2, 0.25) is 0 Å². The lowest BCUT2D eigenvalue weighted by Crippen LogP contribution is -2.41. The van der Waals surface area contributed by atoms with Gasteiger partial charge in [0.15, 0.2) is 5.96 Å². The van der Waals surface area contributed by atoms with Crippen LogP contribution in [-0.4, -0.2) is 52.0 Å². The van der Waals surface area contributed by atoms with Crippen LogP contribution in [0, 0.1) is 5.82 Å². The monoisotopic (exact) mass is 507 g/mol. The number of aliphatic imine (C=N–C) groups is 1. The highest BCUT2D eigenvalue weighted by atomic mass is 127. The summed E-state index contributed by atoms with van der Waals surface area (Å²) in [4.78, 5) is 4.86. The molecule has 2 N–H and O–H groups in total. The third kappa shape index (κ3) is 8.21. The minimum absolute atomic E-state index is 0. The lowest BCUT2D eigenvalue weighted by atomic mass is 9.74. The van der Waals surface area contributed by atoms with Crippen LogP contribution < -0.4 is 10.6 Å². The van der Waals surface area contributed by atoms with E-state index in [-0.39, 0.29) is 35.2 Å². The van der Waals surface area contributed by atoms with Crippen molar-refractivity contribution in [2.75, 3.05) is 46.1 Å². The molecule has 160 valence electrons. The topological polar surface area (TPSA) is 54.9 Å². The first kappa shape index (κ1) is 25.1. The molecule has 1 fully saturated rings. The maximum absolute atomic E-state index is 13.4. The summed E-state index contributed by atoms with van der Waals surface area (Å²) in [5.74, 6) is 0.633. The smallest absolute Gasteiger partial charge is 0.191 e. The molecule has 1 aromatic rings. The Labute approximate surface area is 185 Å². The minimum atomic E-state index is -0.202. The summed E-state index contributed by atoms with van der Waals surface area (Å²) in [6, 6.07) is 6.87. The summed E-state index contributed by atoms with van der Waals surface area (Å²) in [5.41, 5.74) is 1.05. The molecule has 1 aliphatic rings. The molecule has 0 radical (unpaired) electrons. The lowest BCUT2D eigenvalue weighted by Gasteiger charge is -2.36. The minimum Gasteiger partial charge on any atom is -0.382 e. The van der Waals surface area contributed by atoms with E-state index in [1.807, 2.05) is 19.1 Å². The molecule has 28 heavy (non-hydrogen) atoms. The molecular formula is C21H35FIN3O2. The highest BCUT2D eigenvalue weighted by Crippen LogP contribution is 2.35. The number of guanidine groups is 1. The van der Waals surface area contributed by atoms with Crippen LogP contribution in [0.5, 0.6) is 0 Å². The van der Waals surface area contributed by atoms with Gasteiger partial charge in [0.05, 0.1) is 6.54 Å². The van der Waals surface area contributed by atoms with Crippen LogP contribution in [0.1, 0.15) is 45.1 Å². The molecule has 1 aromatic carbocycles. The average molecular weight is 507 g/mol. The van der Waals surface area contributed by atoms with Gasteiger partial charge >= 0.3 is 0 Å². The molecule has 0 unspecified atom stereocenters. The predicted molar refractivity (Wildman–Crippen MR) is 123 cm³/mol. The summed E-state index contributed by atoms with van der Waals surface area (Å²) in [6.45, 7) is 9.44. The second kappa shape index (κ2) is 14.1.